The van der Waals surface area contributed by atoms with Gasteiger partial charge in [-0.3, -0.25) is 4.57 Å². The van der Waals surface area contributed by atoms with Gasteiger partial charge in [0.25, 0.3) is 0 Å². The van der Waals surface area contributed by atoms with Crippen molar-refractivity contribution in [1.29, 1.82) is 0 Å². The average Bonchev–Trinajstić information content (AvgIpc) is 3.00. The number of carbonyl (C=O) groups excluding carboxylic acids is 1. The number of hydrogen-bond donors (Lipinski definition) is 1. The van der Waals surface area contributed by atoms with Crippen molar-refractivity contribution in [2.24, 2.45) is 0 Å². The number of nitrogens with one attached hydrogen (secondary N) is 1. The molecule has 30 heavy (non-hydrogen) atoms. The van der Waals surface area contributed by atoms with Crippen molar-refractivity contribution in [3.63, 3.8) is 0 Å². The standard InChI is InChI=1S/C22H20F4N2O2/c1-3-19-20-16(6-7-30-19)17-11-14(23)4-5-18(17)28(20)21(29)27-15-9-12(2)8-13(10-15)22(24,25)26/h4-5,8-11,19H,3,6-7H2,1-2H3,(H,27,29)/t19-/m0/s1. The predicted octanol–water partition coefficient (Wildman–Crippen LogP) is 6.21. The molecule has 0 fully saturated rings. The molecule has 158 valence electrons. The van der Waals surface area contributed by atoms with Gasteiger partial charge < -0.3 is 10.1 Å². The van der Waals surface area contributed by atoms with Crippen molar-refractivity contribution in [1.82, 2.24) is 4.57 Å². The van der Waals surface area contributed by atoms with Gasteiger partial charge in [0.2, 0.25) is 0 Å². The zero-order valence-corrected chi connectivity index (χ0v) is 16.4. The van der Waals surface area contributed by atoms with Crippen LogP contribution in [0.5, 0.6) is 0 Å². The maximum Gasteiger partial charge on any atom is 0.416 e. The number of nitrogens with zero attached hydrogens (tertiary/aromatic N) is 1. The number of anilines is 1. The summed E-state index contributed by atoms with van der Waals surface area (Å²) in [7, 11) is 0. The summed E-state index contributed by atoms with van der Waals surface area (Å²) in [5.74, 6) is -0.420. The van der Waals surface area contributed by atoms with Crippen LogP contribution >= 0.6 is 0 Å². The Morgan fingerprint density at radius 3 is 2.70 bits per heavy atom. The Bertz CT molecular complexity index is 1130. The topological polar surface area (TPSA) is 43.3 Å². The van der Waals surface area contributed by atoms with Crippen LogP contribution in [0, 0.1) is 12.7 Å². The highest BCUT2D eigenvalue weighted by atomic mass is 19.4. The molecule has 8 heteroatoms. The molecule has 0 unspecified atom stereocenters. The smallest absolute Gasteiger partial charge is 0.372 e. The Morgan fingerprint density at radius 2 is 2.00 bits per heavy atom. The van der Waals surface area contributed by atoms with E-state index in [9.17, 15) is 22.4 Å². The fourth-order valence-corrected chi connectivity index (χ4v) is 4.06. The number of aryl methyl sites for hydroxylation is 1. The normalized spacial score (nSPS) is 16.5. The van der Waals surface area contributed by atoms with Crippen LogP contribution in [-0.2, 0) is 17.3 Å². The van der Waals surface area contributed by atoms with E-state index < -0.39 is 23.6 Å². The van der Waals surface area contributed by atoms with E-state index >= 15 is 0 Å². The maximum absolute atomic E-state index is 13.9. The van der Waals surface area contributed by atoms with Crippen LogP contribution in [0.4, 0.5) is 28.0 Å². The number of rotatable bonds is 2. The van der Waals surface area contributed by atoms with Crippen LogP contribution in [0.2, 0.25) is 0 Å². The third-order valence-electron chi connectivity index (χ3n) is 5.28. The number of benzene rings is 2. The minimum absolute atomic E-state index is 0.0369. The number of fused-ring (bicyclic) bond motifs is 3. The molecule has 2 heterocycles. The average molecular weight is 420 g/mol. The molecule has 1 amide bonds. The lowest BCUT2D eigenvalue weighted by molar-refractivity contribution is -0.137. The van der Waals surface area contributed by atoms with Crippen molar-refractivity contribution >= 4 is 22.6 Å². The van der Waals surface area contributed by atoms with Crippen LogP contribution in [-0.4, -0.2) is 17.2 Å². The SMILES string of the molecule is CC[C@@H]1OCCc2c1n(C(=O)Nc1cc(C)cc(C(F)(F)F)c1)c1ccc(F)cc21. The molecule has 0 bridgehead atoms. The number of hydrogen-bond acceptors (Lipinski definition) is 2. The van der Waals surface area contributed by atoms with E-state index in [2.05, 4.69) is 5.32 Å². The number of alkyl halides is 3. The monoisotopic (exact) mass is 420 g/mol. The lowest BCUT2D eigenvalue weighted by Gasteiger charge is -2.25. The number of aromatic nitrogens is 1. The second kappa shape index (κ2) is 7.43. The van der Waals surface area contributed by atoms with Gasteiger partial charge in [0.15, 0.2) is 0 Å². The molecule has 1 atom stereocenters. The first kappa shape index (κ1) is 20.4. The Hall–Kier alpha value is -2.87. The second-order valence-electron chi connectivity index (χ2n) is 7.39. The predicted molar refractivity (Wildman–Crippen MR) is 105 cm³/mol. The molecule has 0 radical (unpaired) electrons. The summed E-state index contributed by atoms with van der Waals surface area (Å²) < 4.78 is 60.6. The summed E-state index contributed by atoms with van der Waals surface area (Å²) in [5, 5.41) is 3.19. The summed E-state index contributed by atoms with van der Waals surface area (Å²) in [6, 6.07) is 6.92. The summed E-state index contributed by atoms with van der Waals surface area (Å²) in [5.41, 5.74) is 1.51. The largest absolute Gasteiger partial charge is 0.416 e. The molecule has 0 saturated carbocycles. The van der Waals surface area contributed by atoms with Crippen molar-refractivity contribution in [2.75, 3.05) is 11.9 Å². The molecule has 3 aromatic rings. The van der Waals surface area contributed by atoms with Gasteiger partial charge in [-0.2, -0.15) is 13.2 Å². The van der Waals surface area contributed by atoms with Gasteiger partial charge in [-0.1, -0.05) is 6.92 Å². The van der Waals surface area contributed by atoms with E-state index in [1.54, 1.807) is 0 Å². The van der Waals surface area contributed by atoms with E-state index in [0.29, 0.717) is 41.6 Å². The first-order valence-electron chi connectivity index (χ1n) is 9.63. The molecular weight excluding hydrogens is 400 g/mol. The van der Waals surface area contributed by atoms with Crippen LogP contribution < -0.4 is 5.32 Å². The quantitative estimate of drug-likeness (QED) is 0.501. The molecule has 4 rings (SSSR count). The number of halogens is 4. The van der Waals surface area contributed by atoms with Crippen LogP contribution in [0.3, 0.4) is 0 Å². The molecule has 0 aliphatic carbocycles. The van der Waals surface area contributed by atoms with Gasteiger partial charge in [-0.15, -0.1) is 0 Å². The highest BCUT2D eigenvalue weighted by molar-refractivity contribution is 6.01. The summed E-state index contributed by atoms with van der Waals surface area (Å²) >= 11 is 0. The zero-order valence-electron chi connectivity index (χ0n) is 16.4. The molecule has 1 aliphatic rings. The Kier molecular flexibility index (Phi) is 5.05. The van der Waals surface area contributed by atoms with E-state index in [1.807, 2.05) is 6.92 Å². The van der Waals surface area contributed by atoms with E-state index in [0.717, 1.165) is 17.7 Å². The van der Waals surface area contributed by atoms with E-state index in [1.165, 1.54) is 35.8 Å². The van der Waals surface area contributed by atoms with Crippen LogP contribution in [0.25, 0.3) is 10.9 Å². The van der Waals surface area contributed by atoms with Crippen molar-refractivity contribution in [2.45, 2.75) is 39.0 Å². The van der Waals surface area contributed by atoms with Gasteiger partial charge in [-0.25, -0.2) is 9.18 Å². The molecule has 0 spiro atoms. The Morgan fingerprint density at radius 1 is 1.23 bits per heavy atom. The third-order valence-corrected chi connectivity index (χ3v) is 5.28. The van der Waals surface area contributed by atoms with E-state index in [-0.39, 0.29) is 11.8 Å². The fraction of sp³-hybridized carbons (Fsp3) is 0.318. The van der Waals surface area contributed by atoms with Gasteiger partial charge in [-0.05, 0) is 67.3 Å². The fourth-order valence-electron chi connectivity index (χ4n) is 4.06. The highest BCUT2D eigenvalue weighted by Gasteiger charge is 2.32. The molecular formula is C22H20F4N2O2. The summed E-state index contributed by atoms with van der Waals surface area (Å²) in [6.07, 6.45) is -3.77. The van der Waals surface area contributed by atoms with Gasteiger partial charge >= 0.3 is 12.2 Å². The molecule has 1 aliphatic heterocycles. The van der Waals surface area contributed by atoms with Gasteiger partial charge in [0, 0.05) is 11.1 Å². The highest BCUT2D eigenvalue weighted by Crippen LogP contribution is 2.38. The maximum atomic E-state index is 13.9. The van der Waals surface area contributed by atoms with Crippen LogP contribution in [0.1, 0.15) is 41.8 Å². The van der Waals surface area contributed by atoms with Crippen molar-refractivity contribution in [3.8, 4) is 0 Å². The lowest BCUT2D eigenvalue weighted by Crippen LogP contribution is -2.26. The Balaban J connectivity index is 1.82. The Labute approximate surface area is 170 Å². The zero-order chi connectivity index (χ0) is 21.6. The van der Waals surface area contributed by atoms with Crippen molar-refractivity contribution < 1.29 is 27.1 Å². The molecule has 4 nitrogen and oxygen atoms in total. The summed E-state index contributed by atoms with van der Waals surface area (Å²) in [4.78, 5) is 13.2. The first-order valence-corrected chi connectivity index (χ1v) is 9.63. The minimum atomic E-state index is -4.52. The van der Waals surface area contributed by atoms with Gasteiger partial charge in [0.05, 0.1) is 29.5 Å². The third kappa shape index (κ3) is 3.56. The first-order chi connectivity index (χ1) is 14.2. The lowest BCUT2D eigenvalue weighted by atomic mass is 10.0. The van der Waals surface area contributed by atoms with E-state index in [4.69, 9.17) is 4.74 Å². The minimum Gasteiger partial charge on any atom is -0.372 e. The second-order valence-corrected chi connectivity index (χ2v) is 7.39. The summed E-state index contributed by atoms with van der Waals surface area (Å²) in [6.45, 7) is 3.90. The van der Waals surface area contributed by atoms with Gasteiger partial charge in [0.1, 0.15) is 5.82 Å². The number of carbonyl (C=O) groups is 1. The molecule has 0 saturated heterocycles. The molecule has 1 aromatic heterocycles. The van der Waals surface area contributed by atoms with Crippen LogP contribution in [0.15, 0.2) is 36.4 Å². The van der Waals surface area contributed by atoms with Crippen molar-refractivity contribution in [3.05, 3.63) is 64.6 Å². The number of amides is 1. The number of ether oxygens (including phenoxy) is 1. The molecule has 2 aromatic carbocycles. The molecule has 1 N–H and O–H groups in total.